The normalized spacial score (nSPS) is 12.9. The summed E-state index contributed by atoms with van der Waals surface area (Å²) in [6, 6.07) is 0. The Morgan fingerprint density at radius 3 is 2.10 bits per heavy atom. The zero-order valence-electron chi connectivity index (χ0n) is 7.78. The molecule has 0 saturated heterocycles. The molecule has 0 aromatic rings. The van der Waals surface area contributed by atoms with Crippen molar-refractivity contribution in [1.29, 1.82) is 0 Å². The van der Waals surface area contributed by atoms with E-state index in [1.54, 1.807) is 5.92 Å². The van der Waals surface area contributed by atoms with E-state index in [2.05, 4.69) is 27.7 Å². The maximum Gasteiger partial charge on any atom is 3.00 e. The fourth-order valence-corrected chi connectivity index (χ4v) is 0.799. The Morgan fingerprint density at radius 2 is 1.80 bits per heavy atom. The second kappa shape index (κ2) is 8.20. The Bertz CT molecular complexity index is 59.7. The van der Waals surface area contributed by atoms with Gasteiger partial charge in [0.25, 0.3) is 0 Å². The number of hydrogen-bond acceptors (Lipinski definition) is 0. The monoisotopic (exact) mass is 216 g/mol. The summed E-state index contributed by atoms with van der Waals surface area (Å²) in [4.78, 5) is 0. The van der Waals surface area contributed by atoms with Gasteiger partial charge in [-0.1, -0.05) is 33.1 Å². The minimum absolute atomic E-state index is 0. The molecule has 0 spiro atoms. The molecule has 1 heteroatoms. The first kappa shape index (κ1) is 13.7. The Hall–Kier alpha value is 1.10. The summed E-state index contributed by atoms with van der Waals surface area (Å²) in [6.45, 7) is 9.00. The Balaban J connectivity index is 0. The molecule has 0 aliphatic heterocycles. The van der Waals surface area contributed by atoms with Crippen molar-refractivity contribution >= 4 is 0 Å². The van der Waals surface area contributed by atoms with Crippen molar-refractivity contribution in [3.63, 3.8) is 0 Å². The molecular formula is C9H19Y+2. The van der Waals surface area contributed by atoms with Crippen LogP contribution in [0.15, 0.2) is 0 Å². The van der Waals surface area contributed by atoms with Gasteiger partial charge in [-0.25, -0.2) is 0 Å². The second-order valence-corrected chi connectivity index (χ2v) is 3.12. The van der Waals surface area contributed by atoms with E-state index < -0.39 is 0 Å². The van der Waals surface area contributed by atoms with Gasteiger partial charge in [-0.15, -0.1) is 0 Å². The summed E-state index contributed by atoms with van der Waals surface area (Å²) >= 11 is 0. The van der Waals surface area contributed by atoms with Gasteiger partial charge in [0.2, 0.25) is 0 Å². The molecule has 0 aliphatic carbocycles. The van der Waals surface area contributed by atoms with E-state index in [9.17, 15) is 0 Å². The first-order valence-electron chi connectivity index (χ1n) is 3.98. The van der Waals surface area contributed by atoms with Crippen LogP contribution in [0.2, 0.25) is 0 Å². The summed E-state index contributed by atoms with van der Waals surface area (Å²) in [5, 5.41) is 0. The third kappa shape index (κ3) is 7.21. The summed E-state index contributed by atoms with van der Waals surface area (Å²) in [5.74, 6) is 2.41. The molecule has 0 amide bonds. The van der Waals surface area contributed by atoms with Crippen molar-refractivity contribution in [3.05, 3.63) is 5.92 Å². The van der Waals surface area contributed by atoms with Gasteiger partial charge in [0, 0.05) is 0 Å². The first-order valence-corrected chi connectivity index (χ1v) is 3.98. The van der Waals surface area contributed by atoms with E-state index >= 15 is 0 Å². The van der Waals surface area contributed by atoms with Crippen LogP contribution in [0.25, 0.3) is 0 Å². The van der Waals surface area contributed by atoms with Crippen LogP contribution < -0.4 is 0 Å². The molecule has 0 nitrogen and oxygen atoms in total. The van der Waals surface area contributed by atoms with E-state index in [1.807, 2.05) is 0 Å². The van der Waals surface area contributed by atoms with Gasteiger partial charge in [0.15, 0.2) is 0 Å². The SMILES string of the molecule is CCCCC(C)[C-](C)C.[Y+3]. The van der Waals surface area contributed by atoms with Crippen LogP contribution in [-0.2, 0) is 32.7 Å². The van der Waals surface area contributed by atoms with Crippen LogP contribution >= 0.6 is 0 Å². The number of hydrogen-bond donors (Lipinski definition) is 0. The second-order valence-electron chi connectivity index (χ2n) is 3.12. The van der Waals surface area contributed by atoms with E-state index in [4.69, 9.17) is 0 Å². The topological polar surface area (TPSA) is 0 Å². The molecule has 0 N–H and O–H groups in total. The van der Waals surface area contributed by atoms with Crippen molar-refractivity contribution < 1.29 is 32.7 Å². The molecule has 0 heterocycles. The molecule has 1 atom stereocenters. The molecular weight excluding hydrogens is 197 g/mol. The minimum atomic E-state index is 0. The fourth-order valence-electron chi connectivity index (χ4n) is 0.799. The third-order valence-electron chi connectivity index (χ3n) is 1.98. The molecule has 0 aliphatic rings. The van der Waals surface area contributed by atoms with Gasteiger partial charge in [-0.05, 0) is 0 Å². The van der Waals surface area contributed by atoms with Gasteiger partial charge in [-0.3, -0.25) is 0 Å². The summed E-state index contributed by atoms with van der Waals surface area (Å²) < 4.78 is 0. The van der Waals surface area contributed by atoms with Crippen LogP contribution in [0.5, 0.6) is 0 Å². The Morgan fingerprint density at radius 1 is 1.30 bits per heavy atom. The van der Waals surface area contributed by atoms with Crippen molar-refractivity contribution in [2.75, 3.05) is 0 Å². The smallest absolute Gasteiger partial charge is 0.317 e. The van der Waals surface area contributed by atoms with E-state index in [-0.39, 0.29) is 32.7 Å². The molecule has 10 heavy (non-hydrogen) atoms. The molecule has 0 bridgehead atoms. The first-order chi connectivity index (χ1) is 4.18. The van der Waals surface area contributed by atoms with Crippen molar-refractivity contribution in [2.24, 2.45) is 5.92 Å². The van der Waals surface area contributed by atoms with Crippen molar-refractivity contribution in [2.45, 2.75) is 47.0 Å². The Kier molecular flexibility index (Phi) is 11.2. The summed E-state index contributed by atoms with van der Waals surface area (Å²) in [5.41, 5.74) is 0. The predicted octanol–water partition coefficient (Wildman–Crippen LogP) is 3.42. The van der Waals surface area contributed by atoms with Gasteiger partial charge < -0.3 is 5.92 Å². The fraction of sp³-hybridized carbons (Fsp3) is 0.889. The van der Waals surface area contributed by atoms with E-state index in [0.29, 0.717) is 0 Å². The zero-order chi connectivity index (χ0) is 7.28. The minimum Gasteiger partial charge on any atom is -0.317 e. The van der Waals surface area contributed by atoms with Crippen molar-refractivity contribution in [1.82, 2.24) is 0 Å². The maximum absolute atomic E-state index is 2.31. The average Bonchev–Trinajstić information content (AvgIpc) is 1.82. The summed E-state index contributed by atoms with van der Waals surface area (Å²) in [7, 11) is 0. The van der Waals surface area contributed by atoms with Crippen LogP contribution in [0.4, 0.5) is 0 Å². The van der Waals surface area contributed by atoms with Crippen molar-refractivity contribution in [3.8, 4) is 0 Å². The summed E-state index contributed by atoms with van der Waals surface area (Å²) in [6.07, 6.45) is 4.09. The van der Waals surface area contributed by atoms with Gasteiger partial charge >= 0.3 is 32.7 Å². The predicted molar refractivity (Wildman–Crippen MR) is 43.3 cm³/mol. The average molecular weight is 216 g/mol. The standard InChI is InChI=1S/C9H19.Y/c1-5-6-7-9(4)8(2)3;/h9H,5-7H2,1-4H3;/q-1;+3. The van der Waals surface area contributed by atoms with E-state index in [1.165, 1.54) is 19.3 Å². The zero-order valence-corrected chi connectivity index (χ0v) is 10.6. The maximum atomic E-state index is 2.31. The largest absolute Gasteiger partial charge is 3.00 e. The molecule has 0 aromatic carbocycles. The van der Waals surface area contributed by atoms with Crippen LogP contribution in [0.1, 0.15) is 47.0 Å². The van der Waals surface area contributed by atoms with Gasteiger partial charge in [0.05, 0.1) is 0 Å². The molecule has 0 rings (SSSR count). The third-order valence-corrected chi connectivity index (χ3v) is 1.98. The molecule has 0 saturated carbocycles. The van der Waals surface area contributed by atoms with Crippen LogP contribution in [0, 0.1) is 11.8 Å². The number of rotatable bonds is 4. The quantitative estimate of drug-likeness (QED) is 0.631. The molecule has 56 valence electrons. The Labute approximate surface area is 91.0 Å². The molecule has 1 unspecified atom stereocenters. The number of unbranched alkanes of at least 4 members (excludes halogenated alkanes) is 1. The molecule has 0 aromatic heterocycles. The van der Waals surface area contributed by atoms with Gasteiger partial charge in [-0.2, -0.15) is 19.8 Å². The molecule has 0 radical (unpaired) electrons. The van der Waals surface area contributed by atoms with Gasteiger partial charge in [0.1, 0.15) is 0 Å². The molecule has 0 fully saturated rings. The van der Waals surface area contributed by atoms with Crippen LogP contribution in [0.3, 0.4) is 0 Å². The van der Waals surface area contributed by atoms with E-state index in [0.717, 1.165) is 5.92 Å². The van der Waals surface area contributed by atoms with Crippen LogP contribution in [-0.4, -0.2) is 0 Å².